The van der Waals surface area contributed by atoms with Crippen LogP contribution >= 0.6 is 23.8 Å². The number of benzene rings is 1. The van der Waals surface area contributed by atoms with Gasteiger partial charge in [0.05, 0.1) is 23.2 Å². The van der Waals surface area contributed by atoms with Gasteiger partial charge in [0.1, 0.15) is 0 Å². The third-order valence-electron chi connectivity index (χ3n) is 2.39. The van der Waals surface area contributed by atoms with Crippen molar-refractivity contribution in [1.82, 2.24) is 10.6 Å². The molecule has 0 heterocycles. The summed E-state index contributed by atoms with van der Waals surface area (Å²) in [7, 11) is 0. The van der Waals surface area contributed by atoms with Gasteiger partial charge in [-0.15, -0.1) is 0 Å². The van der Waals surface area contributed by atoms with E-state index < -0.39 is 0 Å². The van der Waals surface area contributed by atoms with Gasteiger partial charge in [-0.2, -0.15) is 0 Å². The van der Waals surface area contributed by atoms with Crippen LogP contribution in [-0.4, -0.2) is 28.8 Å². The smallest absolute Gasteiger partial charge is 0.258 e. The van der Waals surface area contributed by atoms with E-state index in [4.69, 9.17) is 28.9 Å². The Bertz CT molecular complexity index is 436. The second-order valence-electron chi connectivity index (χ2n) is 3.70. The lowest BCUT2D eigenvalue weighted by molar-refractivity contribution is 0.0976. The van der Waals surface area contributed by atoms with Crippen molar-refractivity contribution in [3.8, 4) is 0 Å². The Morgan fingerprint density at radius 2 is 2.17 bits per heavy atom. The number of aliphatic hydroxyl groups is 1. The number of rotatable bonds is 4. The Morgan fingerprint density at radius 3 is 2.72 bits per heavy atom. The summed E-state index contributed by atoms with van der Waals surface area (Å²) in [4.78, 5) is 11.8. The Morgan fingerprint density at radius 1 is 1.50 bits per heavy atom. The number of halogens is 1. The molecule has 0 fully saturated rings. The van der Waals surface area contributed by atoms with Crippen LogP contribution in [0.15, 0.2) is 24.3 Å². The zero-order chi connectivity index (χ0) is 13.5. The van der Waals surface area contributed by atoms with Crippen molar-refractivity contribution in [3.05, 3.63) is 34.9 Å². The van der Waals surface area contributed by atoms with Gasteiger partial charge in [0, 0.05) is 0 Å². The number of hydrogen-bond acceptors (Lipinski definition) is 3. The van der Waals surface area contributed by atoms with Crippen LogP contribution in [0.5, 0.6) is 0 Å². The van der Waals surface area contributed by atoms with Crippen molar-refractivity contribution in [2.24, 2.45) is 0 Å². The lowest BCUT2D eigenvalue weighted by atomic mass is 10.2. The van der Waals surface area contributed by atoms with Crippen molar-refractivity contribution in [3.63, 3.8) is 0 Å². The van der Waals surface area contributed by atoms with E-state index in [0.29, 0.717) is 17.0 Å². The first-order chi connectivity index (χ1) is 8.58. The molecule has 0 aliphatic heterocycles. The molecule has 6 heteroatoms. The van der Waals surface area contributed by atoms with Crippen LogP contribution in [0, 0.1) is 0 Å². The molecule has 18 heavy (non-hydrogen) atoms. The molecule has 1 unspecified atom stereocenters. The molecule has 0 spiro atoms. The number of aliphatic hydroxyl groups excluding tert-OH is 1. The Labute approximate surface area is 116 Å². The van der Waals surface area contributed by atoms with Gasteiger partial charge in [-0.3, -0.25) is 10.1 Å². The minimum absolute atomic E-state index is 0.0431. The maximum Gasteiger partial charge on any atom is 0.258 e. The number of amides is 1. The van der Waals surface area contributed by atoms with Crippen molar-refractivity contribution in [2.45, 2.75) is 19.4 Å². The summed E-state index contributed by atoms with van der Waals surface area (Å²) in [5.74, 6) is -0.370. The van der Waals surface area contributed by atoms with E-state index in [1.165, 1.54) is 0 Å². The van der Waals surface area contributed by atoms with E-state index in [2.05, 4.69) is 10.6 Å². The molecule has 0 aliphatic rings. The average Bonchev–Trinajstić information content (AvgIpc) is 2.36. The van der Waals surface area contributed by atoms with E-state index in [9.17, 15) is 4.79 Å². The van der Waals surface area contributed by atoms with Crippen molar-refractivity contribution < 1.29 is 9.90 Å². The standard InChI is InChI=1S/C12H15ClN2O2S/c1-2-8(7-16)14-12(18)15-11(17)9-5-3-4-6-10(9)13/h3-6,8,16H,2,7H2,1H3,(H2,14,15,17,18). The molecular formula is C12H15ClN2O2S. The van der Waals surface area contributed by atoms with Crippen LogP contribution in [-0.2, 0) is 0 Å². The monoisotopic (exact) mass is 286 g/mol. The molecule has 1 aromatic carbocycles. The Balaban J connectivity index is 2.60. The maximum absolute atomic E-state index is 11.8. The molecule has 0 saturated carbocycles. The van der Waals surface area contributed by atoms with Gasteiger partial charge in [0.25, 0.3) is 5.91 Å². The fraction of sp³-hybridized carbons (Fsp3) is 0.333. The maximum atomic E-state index is 11.8. The highest BCUT2D eigenvalue weighted by molar-refractivity contribution is 7.80. The van der Waals surface area contributed by atoms with Crippen LogP contribution < -0.4 is 10.6 Å². The average molecular weight is 287 g/mol. The largest absolute Gasteiger partial charge is 0.394 e. The Hall–Kier alpha value is -1.17. The normalized spacial score (nSPS) is 11.7. The van der Waals surface area contributed by atoms with Gasteiger partial charge in [0.2, 0.25) is 0 Å². The summed E-state index contributed by atoms with van der Waals surface area (Å²) in [6.07, 6.45) is 0.707. The lowest BCUT2D eigenvalue weighted by Gasteiger charge is -2.16. The number of hydrogen-bond donors (Lipinski definition) is 3. The highest BCUT2D eigenvalue weighted by Gasteiger charge is 2.12. The summed E-state index contributed by atoms with van der Waals surface area (Å²) in [5.41, 5.74) is 0.361. The fourth-order valence-corrected chi connectivity index (χ4v) is 1.80. The minimum Gasteiger partial charge on any atom is -0.394 e. The predicted molar refractivity (Wildman–Crippen MR) is 75.8 cm³/mol. The second-order valence-corrected chi connectivity index (χ2v) is 4.51. The van der Waals surface area contributed by atoms with Gasteiger partial charge in [-0.1, -0.05) is 30.7 Å². The molecule has 0 aliphatic carbocycles. The second kappa shape index (κ2) is 7.31. The SMILES string of the molecule is CCC(CO)NC(=S)NC(=O)c1ccccc1Cl. The molecular weight excluding hydrogens is 272 g/mol. The molecule has 3 N–H and O–H groups in total. The molecule has 1 aromatic rings. The topological polar surface area (TPSA) is 61.4 Å². The molecule has 0 aromatic heterocycles. The first-order valence-corrected chi connectivity index (χ1v) is 6.34. The molecule has 4 nitrogen and oxygen atoms in total. The van der Waals surface area contributed by atoms with Gasteiger partial charge in [-0.05, 0) is 30.8 Å². The Kier molecular flexibility index (Phi) is 6.04. The molecule has 98 valence electrons. The fourth-order valence-electron chi connectivity index (χ4n) is 1.31. The molecule has 1 amide bonds. The zero-order valence-electron chi connectivity index (χ0n) is 9.94. The van der Waals surface area contributed by atoms with Gasteiger partial charge < -0.3 is 10.4 Å². The third-order valence-corrected chi connectivity index (χ3v) is 2.94. The molecule has 1 rings (SSSR count). The van der Waals surface area contributed by atoms with Gasteiger partial charge in [-0.25, -0.2) is 0 Å². The first kappa shape index (κ1) is 14.9. The summed E-state index contributed by atoms with van der Waals surface area (Å²) in [6, 6.07) is 6.55. The summed E-state index contributed by atoms with van der Waals surface area (Å²) in [5, 5.41) is 14.9. The van der Waals surface area contributed by atoms with E-state index in [1.807, 2.05) is 6.92 Å². The van der Waals surface area contributed by atoms with E-state index in [1.54, 1.807) is 24.3 Å². The highest BCUT2D eigenvalue weighted by Crippen LogP contribution is 2.14. The molecule has 0 bridgehead atoms. The quantitative estimate of drug-likeness (QED) is 0.738. The molecule has 0 radical (unpaired) electrons. The number of carbonyl (C=O) groups excluding carboxylic acids is 1. The number of carbonyl (C=O) groups is 1. The van der Waals surface area contributed by atoms with Gasteiger partial charge in [0.15, 0.2) is 5.11 Å². The van der Waals surface area contributed by atoms with Crippen LogP contribution in [0.3, 0.4) is 0 Å². The van der Waals surface area contributed by atoms with Crippen LogP contribution in [0.25, 0.3) is 0 Å². The zero-order valence-corrected chi connectivity index (χ0v) is 11.5. The summed E-state index contributed by atoms with van der Waals surface area (Å²) in [6.45, 7) is 1.87. The van der Waals surface area contributed by atoms with E-state index in [0.717, 1.165) is 0 Å². The van der Waals surface area contributed by atoms with Crippen LogP contribution in [0.2, 0.25) is 5.02 Å². The predicted octanol–water partition coefficient (Wildman–Crippen LogP) is 1.72. The minimum atomic E-state index is -0.370. The number of thiocarbonyl (C=S) groups is 1. The van der Waals surface area contributed by atoms with E-state index in [-0.39, 0.29) is 23.7 Å². The van der Waals surface area contributed by atoms with Crippen LogP contribution in [0.1, 0.15) is 23.7 Å². The van der Waals surface area contributed by atoms with Crippen molar-refractivity contribution in [2.75, 3.05) is 6.61 Å². The van der Waals surface area contributed by atoms with E-state index >= 15 is 0 Å². The first-order valence-electron chi connectivity index (χ1n) is 5.55. The van der Waals surface area contributed by atoms with Gasteiger partial charge >= 0.3 is 0 Å². The van der Waals surface area contributed by atoms with Crippen molar-refractivity contribution >= 4 is 34.8 Å². The molecule has 1 atom stereocenters. The third kappa shape index (κ3) is 4.25. The highest BCUT2D eigenvalue weighted by atomic mass is 35.5. The van der Waals surface area contributed by atoms with Crippen LogP contribution in [0.4, 0.5) is 0 Å². The summed E-state index contributed by atoms with van der Waals surface area (Å²) >= 11 is 10.9. The number of nitrogens with one attached hydrogen (secondary N) is 2. The molecule has 0 saturated heterocycles. The lowest BCUT2D eigenvalue weighted by Crippen LogP contribution is -2.45. The summed E-state index contributed by atoms with van der Waals surface area (Å²) < 4.78 is 0. The van der Waals surface area contributed by atoms with Crippen molar-refractivity contribution in [1.29, 1.82) is 0 Å².